The zero-order valence-corrected chi connectivity index (χ0v) is 26.2. The predicted molar refractivity (Wildman–Crippen MR) is 161 cm³/mol. The molecule has 1 aliphatic rings. The Bertz CT molecular complexity index is 1320. The lowest BCUT2D eigenvalue weighted by molar-refractivity contribution is -0.157. The molecule has 2 aromatic rings. The fourth-order valence-electron chi connectivity index (χ4n) is 5.19. The molecule has 1 heterocycles. The van der Waals surface area contributed by atoms with Gasteiger partial charge in [0.1, 0.15) is 11.4 Å². The van der Waals surface area contributed by atoms with E-state index in [0.29, 0.717) is 23.5 Å². The average molecular weight is 587 g/mol. The Morgan fingerprint density at radius 3 is 2.25 bits per heavy atom. The van der Waals surface area contributed by atoms with Crippen LogP contribution in [0.5, 0.6) is 5.75 Å². The van der Waals surface area contributed by atoms with Crippen LogP contribution in [-0.2, 0) is 19.4 Å². The number of hydrogen-bond donors (Lipinski definition) is 0. The molecule has 0 atom stereocenters. The van der Waals surface area contributed by atoms with E-state index in [1.807, 2.05) is 24.5 Å². The number of nitrogens with zero attached hydrogens (tertiary/aromatic N) is 2. The topological polar surface area (TPSA) is 96.7 Å². The Balaban J connectivity index is 2.17. The van der Waals surface area contributed by atoms with E-state index < -0.39 is 26.8 Å². The first-order valence-electron chi connectivity index (χ1n) is 13.9. The standard InChI is InChI=1S/C31H42N2O5S2/c1-7-9-15-31(16-10-8-2)21-33(24-13-11-23(19-32)12-14-24)25-17-27(39-6)26(18-28(25)40(35,36)22-31)37-20-29(34)38-30(3,4)5/h11-14,17-18H,7-10,15-16,20-22H2,1-6H3. The molecule has 0 spiro atoms. The number of nitriles is 1. The Morgan fingerprint density at radius 2 is 1.73 bits per heavy atom. The van der Waals surface area contributed by atoms with Gasteiger partial charge in [0.05, 0.1) is 32.9 Å². The normalized spacial score (nSPS) is 16.0. The zero-order chi connectivity index (χ0) is 29.6. The van der Waals surface area contributed by atoms with Crippen molar-refractivity contribution in [1.29, 1.82) is 5.26 Å². The van der Waals surface area contributed by atoms with Crippen LogP contribution >= 0.6 is 11.8 Å². The van der Waals surface area contributed by atoms with Gasteiger partial charge in [0, 0.05) is 23.7 Å². The zero-order valence-electron chi connectivity index (χ0n) is 24.6. The second-order valence-corrected chi connectivity index (χ2v) is 14.4. The Hall–Kier alpha value is -2.70. The van der Waals surface area contributed by atoms with Crippen LogP contribution in [0.1, 0.15) is 78.7 Å². The molecule has 0 bridgehead atoms. The molecule has 2 aromatic carbocycles. The molecule has 0 unspecified atom stereocenters. The number of rotatable bonds is 11. The molecule has 0 saturated heterocycles. The molecular formula is C31H42N2O5S2. The molecule has 0 fully saturated rings. The summed E-state index contributed by atoms with van der Waals surface area (Å²) in [6, 6.07) is 12.9. The van der Waals surface area contributed by atoms with E-state index in [-0.39, 0.29) is 17.3 Å². The number of fused-ring (bicyclic) bond motifs is 1. The minimum atomic E-state index is -3.71. The number of carbonyl (C=O) groups is 1. The molecule has 218 valence electrons. The van der Waals surface area contributed by atoms with Crippen molar-refractivity contribution in [3.8, 4) is 11.8 Å². The van der Waals surface area contributed by atoms with E-state index in [1.165, 1.54) is 11.8 Å². The van der Waals surface area contributed by atoms with Gasteiger partial charge in [0.2, 0.25) is 0 Å². The van der Waals surface area contributed by atoms with Gasteiger partial charge in [0.25, 0.3) is 0 Å². The lowest BCUT2D eigenvalue weighted by Crippen LogP contribution is -2.38. The summed E-state index contributed by atoms with van der Waals surface area (Å²) in [5.74, 6) is -0.131. The molecule has 7 nitrogen and oxygen atoms in total. The number of anilines is 2. The van der Waals surface area contributed by atoms with Gasteiger partial charge < -0.3 is 14.4 Å². The van der Waals surface area contributed by atoms with Gasteiger partial charge in [-0.3, -0.25) is 0 Å². The highest BCUT2D eigenvalue weighted by Gasteiger charge is 2.42. The summed E-state index contributed by atoms with van der Waals surface area (Å²) < 4.78 is 39.6. The van der Waals surface area contributed by atoms with Crippen LogP contribution in [0.4, 0.5) is 11.4 Å². The van der Waals surface area contributed by atoms with Gasteiger partial charge in [-0.1, -0.05) is 39.5 Å². The summed E-state index contributed by atoms with van der Waals surface area (Å²) in [7, 11) is -3.71. The average Bonchev–Trinajstić information content (AvgIpc) is 3.00. The van der Waals surface area contributed by atoms with E-state index in [0.717, 1.165) is 49.1 Å². The minimum Gasteiger partial charge on any atom is -0.481 e. The fraction of sp³-hybridized carbons (Fsp3) is 0.548. The summed E-state index contributed by atoms with van der Waals surface area (Å²) in [6.45, 7) is 9.85. The van der Waals surface area contributed by atoms with E-state index in [4.69, 9.17) is 9.47 Å². The molecule has 0 N–H and O–H groups in total. The minimum absolute atomic E-state index is 0.0455. The summed E-state index contributed by atoms with van der Waals surface area (Å²) in [5, 5.41) is 9.35. The molecule has 40 heavy (non-hydrogen) atoms. The van der Waals surface area contributed by atoms with Crippen LogP contribution < -0.4 is 9.64 Å². The van der Waals surface area contributed by atoms with Gasteiger partial charge in [-0.05, 0) is 70.2 Å². The highest BCUT2D eigenvalue weighted by atomic mass is 32.2. The third kappa shape index (κ3) is 7.94. The number of carbonyl (C=O) groups excluding carboxylic acids is 1. The molecule has 0 aliphatic carbocycles. The lowest BCUT2D eigenvalue weighted by Gasteiger charge is -2.37. The Kier molecular flexibility index (Phi) is 10.6. The number of benzene rings is 2. The van der Waals surface area contributed by atoms with Crippen molar-refractivity contribution in [3.05, 3.63) is 42.0 Å². The maximum Gasteiger partial charge on any atom is 0.344 e. The van der Waals surface area contributed by atoms with Crippen molar-refractivity contribution >= 4 is 38.9 Å². The largest absolute Gasteiger partial charge is 0.481 e. The van der Waals surface area contributed by atoms with Crippen LogP contribution in [0.15, 0.2) is 46.2 Å². The third-order valence-electron chi connectivity index (χ3n) is 7.06. The van der Waals surface area contributed by atoms with Crippen molar-refractivity contribution in [2.24, 2.45) is 5.41 Å². The summed E-state index contributed by atoms with van der Waals surface area (Å²) in [5.41, 5.74) is 0.888. The van der Waals surface area contributed by atoms with E-state index in [1.54, 1.807) is 39.0 Å². The Morgan fingerprint density at radius 1 is 1.10 bits per heavy atom. The van der Waals surface area contributed by atoms with Gasteiger partial charge in [-0.15, -0.1) is 11.8 Å². The van der Waals surface area contributed by atoms with Crippen LogP contribution in [0.3, 0.4) is 0 Å². The van der Waals surface area contributed by atoms with Gasteiger partial charge in [-0.2, -0.15) is 5.26 Å². The number of thioether (sulfide) groups is 1. The van der Waals surface area contributed by atoms with Crippen molar-refractivity contribution in [1.82, 2.24) is 0 Å². The Labute approximate surface area is 244 Å². The highest BCUT2D eigenvalue weighted by Crippen LogP contribution is 2.47. The summed E-state index contributed by atoms with van der Waals surface area (Å²) in [6.07, 6.45) is 7.36. The first-order valence-corrected chi connectivity index (χ1v) is 16.8. The predicted octanol–water partition coefficient (Wildman–Crippen LogP) is 7.29. The monoisotopic (exact) mass is 586 g/mol. The van der Waals surface area contributed by atoms with Crippen LogP contribution in [0.2, 0.25) is 0 Å². The second-order valence-electron chi connectivity index (χ2n) is 11.6. The van der Waals surface area contributed by atoms with Crippen LogP contribution in [-0.4, -0.2) is 45.1 Å². The lowest BCUT2D eigenvalue weighted by atomic mass is 9.79. The number of unbranched alkanes of at least 4 members (excludes halogenated alkanes) is 2. The summed E-state index contributed by atoms with van der Waals surface area (Å²) >= 11 is 1.43. The number of sulfone groups is 1. The fourth-order valence-corrected chi connectivity index (χ4v) is 7.86. The van der Waals surface area contributed by atoms with Crippen molar-refractivity contribution in [3.63, 3.8) is 0 Å². The number of hydrogen-bond acceptors (Lipinski definition) is 8. The second kappa shape index (κ2) is 13.3. The third-order valence-corrected chi connectivity index (χ3v) is 9.80. The molecule has 1 aliphatic heterocycles. The highest BCUT2D eigenvalue weighted by molar-refractivity contribution is 7.98. The van der Waals surface area contributed by atoms with Gasteiger partial charge >= 0.3 is 5.97 Å². The van der Waals surface area contributed by atoms with E-state index in [9.17, 15) is 18.5 Å². The molecule has 0 radical (unpaired) electrons. The smallest absolute Gasteiger partial charge is 0.344 e. The maximum atomic E-state index is 14.2. The first kappa shape index (κ1) is 31.8. The molecule has 0 saturated carbocycles. The van der Waals surface area contributed by atoms with Gasteiger partial charge in [-0.25, -0.2) is 13.2 Å². The van der Waals surface area contributed by atoms with Crippen molar-refractivity contribution < 1.29 is 22.7 Å². The molecule has 0 amide bonds. The molecule has 0 aromatic heterocycles. The number of ether oxygens (including phenoxy) is 2. The van der Waals surface area contributed by atoms with Crippen molar-refractivity contribution in [2.75, 3.05) is 30.1 Å². The van der Waals surface area contributed by atoms with Crippen LogP contribution in [0, 0.1) is 16.7 Å². The first-order chi connectivity index (χ1) is 18.9. The number of esters is 1. The summed E-state index contributed by atoms with van der Waals surface area (Å²) in [4.78, 5) is 15.4. The van der Waals surface area contributed by atoms with Crippen molar-refractivity contribution in [2.45, 2.75) is 88.5 Å². The van der Waals surface area contributed by atoms with E-state index in [2.05, 4.69) is 24.8 Å². The SMILES string of the molecule is CCCCC1(CCCC)CN(c2ccc(C#N)cc2)c2cc(SC)c(OCC(=O)OC(C)(C)C)cc2S(=O)(=O)C1. The van der Waals surface area contributed by atoms with Gasteiger partial charge in [0.15, 0.2) is 16.4 Å². The maximum absolute atomic E-state index is 14.2. The molecular weight excluding hydrogens is 544 g/mol. The van der Waals surface area contributed by atoms with E-state index >= 15 is 0 Å². The molecule has 9 heteroatoms. The molecule has 3 rings (SSSR count). The quantitative estimate of drug-likeness (QED) is 0.200. The van der Waals surface area contributed by atoms with Crippen LogP contribution in [0.25, 0.3) is 0 Å².